The lowest BCUT2D eigenvalue weighted by atomic mass is 10.0. The molecule has 1 aromatic heterocycles. The predicted molar refractivity (Wildman–Crippen MR) is 114 cm³/mol. The Morgan fingerprint density at radius 1 is 1.14 bits per heavy atom. The number of aromatic nitrogens is 3. The number of nitrogens with one attached hydrogen (secondary N) is 1. The smallest absolute Gasteiger partial charge is 0.278 e. The zero-order valence-electron chi connectivity index (χ0n) is 16.5. The molecule has 1 unspecified atom stereocenters. The third-order valence-electron chi connectivity index (χ3n) is 4.93. The number of hydrogen-bond donors (Lipinski definition) is 1. The monoisotopic (exact) mass is 413 g/mol. The van der Waals surface area contributed by atoms with Gasteiger partial charge in [0, 0.05) is 11.6 Å². The number of rotatable bonds is 8. The summed E-state index contributed by atoms with van der Waals surface area (Å²) in [6.45, 7) is 5.96. The molecular weight excluding hydrogens is 390 g/mol. The minimum atomic E-state index is -0.336. The Morgan fingerprint density at radius 2 is 1.83 bits per heavy atom. The topological polar surface area (TPSA) is 80.1 Å². The van der Waals surface area contributed by atoms with Crippen molar-refractivity contribution in [3.63, 3.8) is 0 Å². The van der Waals surface area contributed by atoms with Gasteiger partial charge < -0.3 is 5.32 Å². The summed E-state index contributed by atoms with van der Waals surface area (Å²) in [5.41, 5.74) is 1.13. The molecule has 0 saturated carbocycles. The Kier molecular flexibility index (Phi) is 6.95. The number of halogens is 1. The van der Waals surface area contributed by atoms with Crippen molar-refractivity contribution >= 4 is 28.4 Å². The van der Waals surface area contributed by atoms with E-state index in [2.05, 4.69) is 34.4 Å². The first-order valence-corrected chi connectivity index (χ1v) is 10.0. The number of amides is 1. The number of carbonyl (C=O) groups excluding carboxylic acids is 1. The maximum absolute atomic E-state index is 12.5. The number of carbonyl (C=O) groups is 1. The van der Waals surface area contributed by atoms with Crippen LogP contribution in [0.1, 0.15) is 25.5 Å². The molecule has 7 nitrogen and oxygen atoms in total. The van der Waals surface area contributed by atoms with Gasteiger partial charge in [-0.05, 0) is 36.9 Å². The molecule has 0 aliphatic rings. The molecule has 0 aliphatic heterocycles. The normalized spacial score (nSPS) is 12.3. The fourth-order valence-electron chi connectivity index (χ4n) is 3.37. The lowest BCUT2D eigenvalue weighted by molar-refractivity contribution is -0.122. The second kappa shape index (κ2) is 9.62. The summed E-state index contributed by atoms with van der Waals surface area (Å²) >= 11 is 6.40. The van der Waals surface area contributed by atoms with Crippen molar-refractivity contribution in [2.75, 3.05) is 19.6 Å². The Labute approximate surface area is 174 Å². The number of likely N-dealkylation sites (N-methyl/N-ethyl adjacent to an activating group) is 1. The highest BCUT2D eigenvalue weighted by atomic mass is 35.5. The van der Waals surface area contributed by atoms with Crippen molar-refractivity contribution in [2.24, 2.45) is 0 Å². The van der Waals surface area contributed by atoms with Crippen LogP contribution in [0, 0.1) is 0 Å². The highest BCUT2D eigenvalue weighted by molar-refractivity contribution is 6.31. The average molecular weight is 414 g/mol. The molecule has 2 aromatic carbocycles. The van der Waals surface area contributed by atoms with Crippen LogP contribution in [0.5, 0.6) is 0 Å². The van der Waals surface area contributed by atoms with Gasteiger partial charge in [0.2, 0.25) is 5.91 Å². The molecule has 1 amide bonds. The van der Waals surface area contributed by atoms with Crippen LogP contribution in [0.2, 0.25) is 5.02 Å². The predicted octanol–water partition coefficient (Wildman–Crippen LogP) is 2.64. The Bertz CT molecular complexity index is 1050. The Morgan fingerprint density at radius 3 is 2.55 bits per heavy atom. The van der Waals surface area contributed by atoms with E-state index >= 15 is 0 Å². The molecule has 3 rings (SSSR count). The van der Waals surface area contributed by atoms with Crippen molar-refractivity contribution in [2.45, 2.75) is 26.4 Å². The van der Waals surface area contributed by atoms with Gasteiger partial charge in [0.1, 0.15) is 12.1 Å². The number of nitrogens with zero attached hydrogens (tertiary/aromatic N) is 4. The van der Waals surface area contributed by atoms with Crippen LogP contribution in [-0.4, -0.2) is 45.4 Å². The largest absolute Gasteiger partial charge is 0.353 e. The molecule has 0 spiro atoms. The van der Waals surface area contributed by atoms with Gasteiger partial charge in [-0.1, -0.05) is 61.0 Å². The van der Waals surface area contributed by atoms with Crippen LogP contribution in [0.15, 0.2) is 53.3 Å². The van der Waals surface area contributed by atoms with E-state index in [0.717, 1.165) is 23.3 Å². The van der Waals surface area contributed by atoms with E-state index < -0.39 is 0 Å². The van der Waals surface area contributed by atoms with Gasteiger partial charge in [0.15, 0.2) is 0 Å². The molecule has 0 radical (unpaired) electrons. The van der Waals surface area contributed by atoms with Gasteiger partial charge in [0.05, 0.1) is 11.4 Å². The molecule has 29 heavy (non-hydrogen) atoms. The zero-order chi connectivity index (χ0) is 20.8. The lowest BCUT2D eigenvalue weighted by Crippen LogP contribution is -2.40. The van der Waals surface area contributed by atoms with Crippen molar-refractivity contribution in [1.29, 1.82) is 0 Å². The van der Waals surface area contributed by atoms with E-state index in [0.29, 0.717) is 22.5 Å². The van der Waals surface area contributed by atoms with E-state index in [1.165, 1.54) is 0 Å². The maximum Gasteiger partial charge on any atom is 0.278 e. The molecule has 1 heterocycles. The summed E-state index contributed by atoms with van der Waals surface area (Å²) < 4.78 is 1.08. The van der Waals surface area contributed by atoms with Crippen molar-refractivity contribution in [3.8, 4) is 0 Å². The number of fused-ring (bicyclic) bond motifs is 1. The highest BCUT2D eigenvalue weighted by Crippen LogP contribution is 2.26. The third kappa shape index (κ3) is 4.81. The number of hydrogen-bond acceptors (Lipinski definition) is 5. The zero-order valence-corrected chi connectivity index (χ0v) is 17.3. The summed E-state index contributed by atoms with van der Waals surface area (Å²) in [6, 6.07) is 14.5. The molecule has 0 fully saturated rings. The summed E-state index contributed by atoms with van der Waals surface area (Å²) in [4.78, 5) is 27.3. The van der Waals surface area contributed by atoms with E-state index in [4.69, 9.17) is 11.6 Å². The fourth-order valence-corrected chi connectivity index (χ4v) is 3.64. The summed E-state index contributed by atoms with van der Waals surface area (Å²) in [7, 11) is 0. The molecule has 0 bridgehead atoms. The Balaban J connectivity index is 1.74. The molecule has 1 N–H and O–H groups in total. The van der Waals surface area contributed by atoms with Gasteiger partial charge in [0.25, 0.3) is 5.56 Å². The van der Waals surface area contributed by atoms with E-state index in [9.17, 15) is 9.59 Å². The van der Waals surface area contributed by atoms with Crippen molar-refractivity contribution in [1.82, 2.24) is 25.2 Å². The molecule has 152 valence electrons. The molecule has 0 aliphatic carbocycles. The highest BCUT2D eigenvalue weighted by Gasteiger charge is 2.21. The van der Waals surface area contributed by atoms with Gasteiger partial charge in [-0.3, -0.25) is 14.5 Å². The first kappa shape index (κ1) is 21.0. The van der Waals surface area contributed by atoms with Gasteiger partial charge >= 0.3 is 0 Å². The molecular formula is C21H24ClN5O2. The first-order valence-electron chi connectivity index (χ1n) is 9.62. The van der Waals surface area contributed by atoms with Crippen LogP contribution in [0.25, 0.3) is 10.9 Å². The standard InChI is InChI=1S/C21H24ClN5O2/c1-3-26(4-2)19(15-9-5-7-11-17(15)22)13-23-20(28)14-27-21(29)16-10-6-8-12-18(16)24-25-27/h5-12,19H,3-4,13-14H2,1-2H3,(H,23,28). The van der Waals surface area contributed by atoms with Gasteiger partial charge in [-0.2, -0.15) is 0 Å². The average Bonchev–Trinajstić information content (AvgIpc) is 2.74. The van der Waals surface area contributed by atoms with E-state index in [-0.39, 0.29) is 24.1 Å². The second-order valence-corrected chi connectivity index (χ2v) is 7.04. The van der Waals surface area contributed by atoms with Crippen molar-refractivity contribution in [3.05, 3.63) is 69.5 Å². The van der Waals surface area contributed by atoms with Gasteiger partial charge in [-0.25, -0.2) is 4.68 Å². The lowest BCUT2D eigenvalue weighted by Gasteiger charge is -2.30. The van der Waals surface area contributed by atoms with Gasteiger partial charge in [-0.15, -0.1) is 5.10 Å². The third-order valence-corrected chi connectivity index (χ3v) is 5.28. The molecule has 3 aromatic rings. The minimum Gasteiger partial charge on any atom is -0.353 e. The van der Waals surface area contributed by atoms with E-state index in [1.54, 1.807) is 24.3 Å². The second-order valence-electron chi connectivity index (χ2n) is 6.63. The van der Waals surface area contributed by atoms with Crippen LogP contribution >= 0.6 is 11.6 Å². The fraction of sp³-hybridized carbons (Fsp3) is 0.333. The minimum absolute atomic E-state index is 0.0675. The Hall–Kier alpha value is -2.77. The maximum atomic E-state index is 12.5. The SMILES string of the molecule is CCN(CC)C(CNC(=O)Cn1nnc2ccccc2c1=O)c1ccccc1Cl. The van der Waals surface area contributed by atoms with Crippen LogP contribution in [-0.2, 0) is 11.3 Å². The summed E-state index contributed by atoms with van der Waals surface area (Å²) in [6.07, 6.45) is 0. The van der Waals surface area contributed by atoms with Crippen molar-refractivity contribution < 1.29 is 4.79 Å². The first-order chi connectivity index (χ1) is 14.0. The van der Waals surface area contributed by atoms with E-state index in [1.807, 2.05) is 24.3 Å². The summed E-state index contributed by atoms with van der Waals surface area (Å²) in [5, 5.41) is 11.9. The van der Waals surface area contributed by atoms with Crippen LogP contribution in [0.3, 0.4) is 0 Å². The number of benzene rings is 2. The van der Waals surface area contributed by atoms with Crippen LogP contribution in [0.4, 0.5) is 0 Å². The quantitative estimate of drug-likeness (QED) is 0.614. The molecule has 0 saturated heterocycles. The molecule has 8 heteroatoms. The van der Waals surface area contributed by atoms with Crippen LogP contribution < -0.4 is 10.9 Å². The summed E-state index contributed by atoms with van der Waals surface area (Å²) in [5.74, 6) is -0.305. The molecule has 1 atom stereocenters.